The summed E-state index contributed by atoms with van der Waals surface area (Å²) in [7, 11) is 1.48. The van der Waals surface area contributed by atoms with E-state index in [2.05, 4.69) is 20.5 Å². The molecule has 1 amide bonds. The van der Waals surface area contributed by atoms with Gasteiger partial charge in [0.15, 0.2) is 5.65 Å². The summed E-state index contributed by atoms with van der Waals surface area (Å²) < 4.78 is 2.65. The Morgan fingerprint density at radius 2 is 2.15 bits per heavy atom. The number of carbonyl (C=O) groups excluding carboxylic acids is 1. The van der Waals surface area contributed by atoms with Gasteiger partial charge in [-0.2, -0.15) is 10.2 Å². The van der Waals surface area contributed by atoms with Gasteiger partial charge in [-0.25, -0.2) is 14.2 Å². The van der Waals surface area contributed by atoms with Crippen LogP contribution in [0, 0.1) is 0 Å². The first-order valence-corrected chi connectivity index (χ1v) is 5.78. The van der Waals surface area contributed by atoms with Crippen molar-refractivity contribution < 1.29 is 4.79 Å². The van der Waals surface area contributed by atoms with E-state index in [4.69, 9.17) is 0 Å². The lowest BCUT2D eigenvalue weighted by molar-refractivity contribution is 0.102. The summed E-state index contributed by atoms with van der Waals surface area (Å²) in [5.41, 5.74) is 1.04. The van der Waals surface area contributed by atoms with Gasteiger partial charge in [-0.15, -0.1) is 0 Å². The highest BCUT2D eigenvalue weighted by molar-refractivity contribution is 6.02. The maximum atomic E-state index is 12.0. The number of fused-ring (bicyclic) bond motifs is 1. The van der Waals surface area contributed by atoms with Crippen LogP contribution in [-0.2, 0) is 7.05 Å². The van der Waals surface area contributed by atoms with E-state index < -0.39 is 5.91 Å². The van der Waals surface area contributed by atoms with Crippen LogP contribution in [-0.4, -0.2) is 30.3 Å². The van der Waals surface area contributed by atoms with Crippen LogP contribution >= 0.6 is 0 Å². The molecule has 3 aromatic rings. The molecule has 0 aromatic carbocycles. The summed E-state index contributed by atoms with van der Waals surface area (Å²) in [6, 6.07) is 4.41. The number of aryl methyl sites for hydroxylation is 1. The van der Waals surface area contributed by atoms with Crippen LogP contribution in [0.1, 0.15) is 10.5 Å². The van der Waals surface area contributed by atoms with Crippen molar-refractivity contribution >= 4 is 17.2 Å². The maximum Gasteiger partial charge on any atom is 0.276 e. The van der Waals surface area contributed by atoms with Gasteiger partial charge in [0.25, 0.3) is 11.5 Å². The monoisotopic (exact) mass is 270 g/mol. The fourth-order valence-corrected chi connectivity index (χ4v) is 1.69. The van der Waals surface area contributed by atoms with E-state index in [1.165, 1.54) is 25.4 Å². The van der Waals surface area contributed by atoms with Gasteiger partial charge < -0.3 is 5.32 Å². The molecule has 0 unspecified atom stereocenters. The molecule has 8 heteroatoms. The van der Waals surface area contributed by atoms with E-state index in [0.717, 1.165) is 4.68 Å². The number of anilines is 1. The van der Waals surface area contributed by atoms with E-state index in [1.807, 2.05) is 0 Å². The molecule has 0 saturated carbocycles. The van der Waals surface area contributed by atoms with Gasteiger partial charge >= 0.3 is 0 Å². The average Bonchev–Trinajstić information content (AvgIpc) is 2.89. The van der Waals surface area contributed by atoms with E-state index in [0.29, 0.717) is 11.3 Å². The Kier molecular flexibility index (Phi) is 2.75. The number of nitrogens with zero attached hydrogens (tertiary/aromatic N) is 5. The smallest absolute Gasteiger partial charge is 0.276 e. The van der Waals surface area contributed by atoms with Crippen molar-refractivity contribution in [3.8, 4) is 0 Å². The highest BCUT2D eigenvalue weighted by Gasteiger charge is 2.09. The molecule has 0 radical (unpaired) electrons. The van der Waals surface area contributed by atoms with Crippen molar-refractivity contribution in [1.82, 2.24) is 24.4 Å². The standard InChI is InChI=1S/C12H10N6O2/c1-17-11(19)3-2-9(16-17)12(20)15-8-6-13-10-4-5-14-18(10)7-8/h2-7H,1H3,(H,15,20). The number of nitrogens with one attached hydrogen (secondary N) is 1. The Morgan fingerprint density at radius 3 is 2.95 bits per heavy atom. The Balaban J connectivity index is 1.87. The Bertz CT molecular complexity index is 850. The molecule has 0 atom stereocenters. The average molecular weight is 270 g/mol. The van der Waals surface area contributed by atoms with E-state index in [1.54, 1.807) is 23.0 Å². The summed E-state index contributed by atoms with van der Waals surface area (Å²) in [4.78, 5) is 27.4. The predicted octanol–water partition coefficient (Wildman–Crippen LogP) is 0.0753. The van der Waals surface area contributed by atoms with E-state index in [-0.39, 0.29) is 11.3 Å². The molecule has 100 valence electrons. The first-order valence-electron chi connectivity index (χ1n) is 5.78. The van der Waals surface area contributed by atoms with E-state index >= 15 is 0 Å². The Labute approximate surface area is 112 Å². The zero-order valence-corrected chi connectivity index (χ0v) is 10.5. The molecule has 3 heterocycles. The largest absolute Gasteiger partial charge is 0.318 e. The number of hydrogen-bond acceptors (Lipinski definition) is 5. The minimum absolute atomic E-state index is 0.146. The van der Waals surface area contributed by atoms with Gasteiger partial charge in [-0.3, -0.25) is 9.59 Å². The van der Waals surface area contributed by atoms with Crippen LogP contribution in [0.15, 0.2) is 41.6 Å². The van der Waals surface area contributed by atoms with Crippen LogP contribution in [0.2, 0.25) is 0 Å². The summed E-state index contributed by atoms with van der Waals surface area (Å²) >= 11 is 0. The Morgan fingerprint density at radius 1 is 1.30 bits per heavy atom. The summed E-state index contributed by atoms with van der Waals surface area (Å²) in [6.45, 7) is 0. The van der Waals surface area contributed by atoms with Gasteiger partial charge in [0.2, 0.25) is 0 Å². The lowest BCUT2D eigenvalue weighted by Crippen LogP contribution is -2.23. The van der Waals surface area contributed by atoms with Crippen LogP contribution in [0.5, 0.6) is 0 Å². The number of hydrogen-bond donors (Lipinski definition) is 1. The van der Waals surface area contributed by atoms with Crippen molar-refractivity contribution in [3.05, 3.63) is 52.8 Å². The SMILES string of the molecule is Cn1nc(C(=O)Nc2cnc3ccnn3c2)ccc1=O. The number of carbonyl (C=O) groups is 1. The highest BCUT2D eigenvalue weighted by Crippen LogP contribution is 2.08. The number of rotatable bonds is 2. The lowest BCUT2D eigenvalue weighted by atomic mass is 10.3. The summed E-state index contributed by atoms with van der Waals surface area (Å²) in [6.07, 6.45) is 4.78. The fraction of sp³-hybridized carbons (Fsp3) is 0.0833. The molecule has 0 fully saturated rings. The highest BCUT2D eigenvalue weighted by atomic mass is 16.2. The topological polar surface area (TPSA) is 94.2 Å². The molecular weight excluding hydrogens is 260 g/mol. The molecule has 3 rings (SSSR count). The van der Waals surface area contributed by atoms with Gasteiger partial charge in [0.1, 0.15) is 5.69 Å². The van der Waals surface area contributed by atoms with Crippen molar-refractivity contribution in [2.45, 2.75) is 0 Å². The minimum Gasteiger partial charge on any atom is -0.318 e. The second-order valence-corrected chi connectivity index (χ2v) is 4.11. The van der Waals surface area contributed by atoms with Crippen molar-refractivity contribution in [1.29, 1.82) is 0 Å². The second-order valence-electron chi connectivity index (χ2n) is 4.11. The zero-order valence-electron chi connectivity index (χ0n) is 10.5. The predicted molar refractivity (Wildman–Crippen MR) is 70.4 cm³/mol. The first-order chi connectivity index (χ1) is 9.63. The van der Waals surface area contributed by atoms with Gasteiger partial charge in [0.05, 0.1) is 24.3 Å². The minimum atomic E-state index is -0.422. The van der Waals surface area contributed by atoms with E-state index in [9.17, 15) is 9.59 Å². The second kappa shape index (κ2) is 4.57. The van der Waals surface area contributed by atoms with Gasteiger partial charge in [-0.1, -0.05) is 0 Å². The molecule has 8 nitrogen and oxygen atoms in total. The van der Waals surface area contributed by atoms with Crippen LogP contribution in [0.4, 0.5) is 5.69 Å². The molecule has 0 aliphatic carbocycles. The molecule has 3 aromatic heterocycles. The third-order valence-corrected chi connectivity index (χ3v) is 2.70. The summed E-state index contributed by atoms with van der Waals surface area (Å²) in [5.74, 6) is -0.422. The normalized spacial score (nSPS) is 10.7. The van der Waals surface area contributed by atoms with Crippen LogP contribution in [0.25, 0.3) is 5.65 Å². The summed E-state index contributed by atoms with van der Waals surface area (Å²) in [5, 5.41) is 10.5. The number of aromatic nitrogens is 5. The quantitative estimate of drug-likeness (QED) is 0.711. The molecular formula is C12H10N6O2. The lowest BCUT2D eigenvalue weighted by Gasteiger charge is -2.05. The third kappa shape index (κ3) is 2.14. The zero-order chi connectivity index (χ0) is 14.1. The van der Waals surface area contributed by atoms with Crippen LogP contribution in [0.3, 0.4) is 0 Å². The maximum absolute atomic E-state index is 12.0. The first kappa shape index (κ1) is 12.0. The van der Waals surface area contributed by atoms with Crippen molar-refractivity contribution in [2.24, 2.45) is 7.05 Å². The third-order valence-electron chi connectivity index (χ3n) is 2.70. The van der Waals surface area contributed by atoms with Crippen LogP contribution < -0.4 is 10.9 Å². The fourth-order valence-electron chi connectivity index (χ4n) is 1.69. The van der Waals surface area contributed by atoms with Crippen molar-refractivity contribution in [2.75, 3.05) is 5.32 Å². The van der Waals surface area contributed by atoms with Gasteiger partial charge in [0, 0.05) is 19.2 Å². The molecule has 0 aliphatic rings. The Hall–Kier alpha value is -3.03. The van der Waals surface area contributed by atoms with Gasteiger partial charge in [-0.05, 0) is 6.07 Å². The molecule has 1 N–H and O–H groups in total. The molecule has 0 aliphatic heterocycles. The molecule has 0 spiro atoms. The molecule has 20 heavy (non-hydrogen) atoms. The molecule has 0 bridgehead atoms. The molecule has 0 saturated heterocycles. The number of amides is 1. The van der Waals surface area contributed by atoms with Crippen molar-refractivity contribution in [3.63, 3.8) is 0 Å².